The number of nitriles is 1. The topological polar surface area (TPSA) is 135 Å². The number of methoxy groups -OCH3 is 1. The van der Waals surface area contributed by atoms with Crippen LogP contribution in [0.5, 0.6) is 11.5 Å². The van der Waals surface area contributed by atoms with E-state index >= 15 is 0 Å². The lowest BCUT2D eigenvalue weighted by atomic mass is 9.68. The first kappa shape index (κ1) is 31.1. The van der Waals surface area contributed by atoms with E-state index in [0.29, 0.717) is 36.7 Å². The molecule has 0 aromatic heterocycles. The molecule has 0 saturated carbocycles. The summed E-state index contributed by atoms with van der Waals surface area (Å²) in [6.45, 7) is 8.85. The van der Waals surface area contributed by atoms with E-state index in [1.165, 1.54) is 0 Å². The molecule has 2 amide bonds. The zero-order valence-corrected chi connectivity index (χ0v) is 24.9. The van der Waals surface area contributed by atoms with Crippen molar-refractivity contribution in [2.75, 3.05) is 46.4 Å². The van der Waals surface area contributed by atoms with Crippen LogP contribution >= 0.6 is 0 Å². The van der Waals surface area contributed by atoms with Crippen molar-refractivity contribution in [3.63, 3.8) is 0 Å². The molecule has 0 aliphatic carbocycles. The predicted molar refractivity (Wildman–Crippen MR) is 157 cm³/mol. The molecule has 3 N–H and O–H groups in total. The molecule has 10 heteroatoms. The van der Waals surface area contributed by atoms with E-state index in [2.05, 4.69) is 16.3 Å². The van der Waals surface area contributed by atoms with Crippen molar-refractivity contribution in [3.8, 4) is 17.6 Å². The summed E-state index contributed by atoms with van der Waals surface area (Å²) in [5, 5.41) is 32.2. The zero-order valence-electron chi connectivity index (χ0n) is 24.9. The molecular weight excluding hydrogens is 536 g/mol. The Labute approximate surface area is 247 Å². The van der Waals surface area contributed by atoms with Crippen molar-refractivity contribution in [2.24, 2.45) is 17.3 Å². The fourth-order valence-electron chi connectivity index (χ4n) is 6.32. The van der Waals surface area contributed by atoms with Gasteiger partial charge in [0.2, 0.25) is 5.91 Å². The molecule has 2 aromatic carbocycles. The third-order valence-corrected chi connectivity index (χ3v) is 8.43. The van der Waals surface area contributed by atoms with Gasteiger partial charge in [-0.15, -0.1) is 0 Å². The van der Waals surface area contributed by atoms with Gasteiger partial charge in [-0.1, -0.05) is 32.9 Å². The van der Waals surface area contributed by atoms with E-state index in [9.17, 15) is 19.8 Å². The van der Waals surface area contributed by atoms with Crippen LogP contribution in [0.25, 0.3) is 0 Å². The monoisotopic (exact) mass is 578 g/mol. The van der Waals surface area contributed by atoms with Crippen LogP contribution in [-0.4, -0.2) is 90.1 Å². The molecule has 10 nitrogen and oxygen atoms in total. The number of β-amino-alcohol motifs (C(OH)–C–C–N with tert-alkyl or cyclic N) is 1. The number of nitrogens with one attached hydrogen (secondary N) is 1. The number of aliphatic hydroxyl groups is 1. The van der Waals surface area contributed by atoms with Gasteiger partial charge in [0, 0.05) is 39.1 Å². The number of carboxylic acid groups (broad SMARTS) is 1. The summed E-state index contributed by atoms with van der Waals surface area (Å²) in [6.07, 6.45) is -0.706. The van der Waals surface area contributed by atoms with Gasteiger partial charge in [0.15, 0.2) is 0 Å². The average molecular weight is 579 g/mol. The molecule has 2 saturated heterocycles. The molecule has 0 radical (unpaired) electrons. The lowest BCUT2D eigenvalue weighted by molar-refractivity contribution is -0.148. The first-order valence-electron chi connectivity index (χ1n) is 14.4. The highest BCUT2D eigenvalue weighted by Crippen LogP contribution is 2.38. The normalized spacial score (nSPS) is 21.0. The predicted octanol–water partition coefficient (Wildman–Crippen LogP) is 3.38. The standard InChI is InChI=1S/C32H42N4O6/c1-31(2,3)32(34-30(39)40,14-22-5-9-27(41-4)10-6-22)29(38)36-18-24-13-25(19-36)17-35(16-24)20-26(37)21-42-28-11-7-23(15-33)8-12-28/h5-12,24-26,34,37H,13-14,16-21H2,1-4H3,(H,39,40)/t24?,25?,26-,32+/m0/s1. The fourth-order valence-corrected chi connectivity index (χ4v) is 6.32. The Morgan fingerprint density at radius 3 is 2.14 bits per heavy atom. The van der Waals surface area contributed by atoms with Gasteiger partial charge in [-0.2, -0.15) is 5.26 Å². The minimum absolute atomic E-state index is 0.142. The minimum atomic E-state index is -1.36. The number of carbonyl (C=O) groups excluding carboxylic acids is 1. The zero-order chi connectivity index (χ0) is 30.5. The highest BCUT2D eigenvalue weighted by molar-refractivity contribution is 5.91. The summed E-state index contributed by atoms with van der Waals surface area (Å²) < 4.78 is 11.0. The molecule has 4 rings (SSSR count). The molecule has 2 heterocycles. The Morgan fingerprint density at radius 2 is 1.62 bits per heavy atom. The SMILES string of the molecule is COc1ccc(C[C@@](NC(=O)O)(C(=O)N2CC3CC(CN(C[C@H](O)COc4ccc(C#N)cc4)C3)C2)C(C)(C)C)cc1. The number of rotatable bonds is 10. The van der Waals surface area contributed by atoms with Crippen LogP contribution in [0.1, 0.15) is 38.3 Å². The van der Waals surface area contributed by atoms with Gasteiger partial charge in [0.25, 0.3) is 0 Å². The summed E-state index contributed by atoms with van der Waals surface area (Å²) in [4.78, 5) is 30.6. The highest BCUT2D eigenvalue weighted by Gasteiger charge is 2.53. The molecule has 2 unspecified atom stereocenters. The largest absolute Gasteiger partial charge is 0.497 e. The van der Waals surface area contributed by atoms with Gasteiger partial charge in [-0.3, -0.25) is 9.69 Å². The number of aliphatic hydroxyl groups excluding tert-OH is 1. The van der Waals surface area contributed by atoms with E-state index in [1.807, 2.05) is 49.9 Å². The van der Waals surface area contributed by atoms with Crippen LogP contribution in [0.2, 0.25) is 0 Å². The van der Waals surface area contributed by atoms with Gasteiger partial charge in [-0.25, -0.2) is 4.79 Å². The molecular formula is C32H42N4O6. The lowest BCUT2D eigenvalue weighted by Gasteiger charge is -2.51. The number of hydrogen-bond donors (Lipinski definition) is 3. The second kappa shape index (κ2) is 13.0. The second-order valence-electron chi connectivity index (χ2n) is 12.6. The van der Waals surface area contributed by atoms with Crippen LogP contribution < -0.4 is 14.8 Å². The second-order valence-corrected chi connectivity index (χ2v) is 12.6. The molecule has 42 heavy (non-hydrogen) atoms. The maximum absolute atomic E-state index is 14.4. The number of carbonyl (C=O) groups is 2. The van der Waals surface area contributed by atoms with E-state index < -0.39 is 23.2 Å². The van der Waals surface area contributed by atoms with Gasteiger partial charge in [0.1, 0.15) is 29.7 Å². The third-order valence-electron chi connectivity index (χ3n) is 8.43. The molecule has 4 atom stereocenters. The van der Waals surface area contributed by atoms with Crippen molar-refractivity contribution in [3.05, 3.63) is 59.7 Å². The summed E-state index contributed by atoms with van der Waals surface area (Å²) in [5.41, 5.74) is -0.680. The van der Waals surface area contributed by atoms with Crippen molar-refractivity contribution in [1.82, 2.24) is 15.1 Å². The quantitative estimate of drug-likeness (QED) is 0.391. The first-order valence-corrected chi connectivity index (χ1v) is 14.4. The van der Waals surface area contributed by atoms with Gasteiger partial charge in [0.05, 0.1) is 18.7 Å². The molecule has 2 fully saturated rings. The number of likely N-dealkylation sites (tertiary alicyclic amines) is 2. The van der Waals surface area contributed by atoms with Crippen molar-refractivity contribution < 1.29 is 29.3 Å². The number of fused-ring (bicyclic) bond motifs is 2. The summed E-state index contributed by atoms with van der Waals surface area (Å²) in [7, 11) is 1.59. The number of hydrogen-bond acceptors (Lipinski definition) is 7. The van der Waals surface area contributed by atoms with Crippen molar-refractivity contribution >= 4 is 12.0 Å². The average Bonchev–Trinajstić information content (AvgIpc) is 2.94. The van der Waals surface area contributed by atoms with Crippen molar-refractivity contribution in [1.29, 1.82) is 5.26 Å². The third kappa shape index (κ3) is 7.33. The Morgan fingerprint density at radius 1 is 1.02 bits per heavy atom. The van der Waals surface area contributed by atoms with E-state index in [4.69, 9.17) is 14.7 Å². The molecule has 2 aromatic rings. The molecule has 2 aliphatic rings. The van der Waals surface area contributed by atoms with E-state index in [1.54, 1.807) is 31.4 Å². The van der Waals surface area contributed by atoms with Crippen LogP contribution in [-0.2, 0) is 11.2 Å². The van der Waals surface area contributed by atoms with Crippen LogP contribution in [0.3, 0.4) is 0 Å². The maximum atomic E-state index is 14.4. The molecule has 2 aliphatic heterocycles. The fraction of sp³-hybridized carbons (Fsp3) is 0.531. The molecule has 0 spiro atoms. The number of piperidine rings is 2. The number of nitrogens with zero attached hydrogens (tertiary/aromatic N) is 3. The number of benzene rings is 2. The van der Waals surface area contributed by atoms with Gasteiger partial charge in [-0.05, 0) is 65.6 Å². The Kier molecular flexibility index (Phi) is 9.64. The minimum Gasteiger partial charge on any atom is -0.497 e. The van der Waals surface area contributed by atoms with E-state index in [-0.39, 0.29) is 30.8 Å². The maximum Gasteiger partial charge on any atom is 0.405 e. The van der Waals surface area contributed by atoms with Crippen LogP contribution in [0.15, 0.2) is 48.5 Å². The Bertz CT molecular complexity index is 1260. The number of amides is 2. The summed E-state index contributed by atoms with van der Waals surface area (Å²) in [5.74, 6) is 1.53. The van der Waals surface area contributed by atoms with Gasteiger partial charge < -0.3 is 29.9 Å². The Balaban J connectivity index is 1.42. The van der Waals surface area contributed by atoms with E-state index in [0.717, 1.165) is 25.1 Å². The van der Waals surface area contributed by atoms with Crippen LogP contribution in [0, 0.1) is 28.6 Å². The van der Waals surface area contributed by atoms with Gasteiger partial charge >= 0.3 is 6.09 Å². The lowest BCUT2D eigenvalue weighted by Crippen LogP contribution is -2.69. The van der Waals surface area contributed by atoms with Crippen molar-refractivity contribution in [2.45, 2.75) is 45.3 Å². The van der Waals surface area contributed by atoms with Crippen LogP contribution in [0.4, 0.5) is 4.79 Å². The summed E-state index contributed by atoms with van der Waals surface area (Å²) >= 11 is 0. The highest BCUT2D eigenvalue weighted by atomic mass is 16.5. The number of ether oxygens (including phenoxy) is 2. The molecule has 226 valence electrons. The Hall–Kier alpha value is -3.81. The smallest absolute Gasteiger partial charge is 0.405 e. The first-order chi connectivity index (χ1) is 19.9. The molecule has 2 bridgehead atoms. The summed E-state index contributed by atoms with van der Waals surface area (Å²) in [6, 6.07) is 16.2.